The Bertz CT molecular complexity index is 1200. The minimum Gasteiger partial charge on any atom is -0.394 e. The lowest BCUT2D eigenvalue weighted by Gasteiger charge is -2.16. The van der Waals surface area contributed by atoms with E-state index in [4.69, 9.17) is 16.3 Å². The molecule has 1 saturated heterocycles. The second-order valence-electron chi connectivity index (χ2n) is 7.09. The fourth-order valence-corrected chi connectivity index (χ4v) is 3.73. The van der Waals surface area contributed by atoms with Crippen LogP contribution in [0.5, 0.6) is 0 Å². The molecule has 0 spiro atoms. The summed E-state index contributed by atoms with van der Waals surface area (Å²) in [5, 5.41) is 54.2. The Hall–Kier alpha value is -3.50. The number of halogens is 1. The number of imidazole rings is 1. The number of aliphatic hydroxyl groups is 3. The van der Waals surface area contributed by atoms with Crippen molar-refractivity contribution in [2.24, 2.45) is 0 Å². The molecule has 0 saturated carbocycles. The number of fused-ring (bicyclic) bond motifs is 1. The Kier molecular flexibility index (Phi) is 6.05. The maximum absolute atomic E-state index is 11.2. The number of benzene rings is 1. The van der Waals surface area contributed by atoms with Gasteiger partial charge < -0.3 is 25.4 Å². The number of nitro groups is 2. The van der Waals surface area contributed by atoms with Crippen molar-refractivity contribution in [3.63, 3.8) is 0 Å². The summed E-state index contributed by atoms with van der Waals surface area (Å²) < 4.78 is 6.86. The first kappa shape index (κ1) is 22.7. The van der Waals surface area contributed by atoms with E-state index in [2.05, 4.69) is 20.3 Å². The highest BCUT2D eigenvalue weighted by Gasteiger charge is 2.44. The molecule has 4 rings (SSSR count). The molecule has 15 nitrogen and oxygen atoms in total. The monoisotopic (exact) mass is 481 g/mol. The molecule has 4 N–H and O–H groups in total. The van der Waals surface area contributed by atoms with E-state index < -0.39 is 57.4 Å². The molecule has 0 aliphatic carbocycles. The van der Waals surface area contributed by atoms with Gasteiger partial charge in [0.05, 0.1) is 22.8 Å². The molecule has 1 aliphatic rings. The fraction of sp³-hybridized carbons (Fsp3) is 0.353. The molecule has 4 atom stereocenters. The van der Waals surface area contributed by atoms with Gasteiger partial charge in [0.25, 0.3) is 11.4 Å². The molecule has 2 aromatic heterocycles. The van der Waals surface area contributed by atoms with Crippen molar-refractivity contribution < 1.29 is 29.9 Å². The average molecular weight is 482 g/mol. The molecule has 174 valence electrons. The predicted molar refractivity (Wildman–Crippen MR) is 110 cm³/mol. The highest BCUT2D eigenvalue weighted by Crippen LogP contribution is 2.35. The van der Waals surface area contributed by atoms with Crippen LogP contribution < -0.4 is 5.32 Å². The molecular weight excluding hydrogens is 466 g/mol. The summed E-state index contributed by atoms with van der Waals surface area (Å²) in [7, 11) is 0. The Morgan fingerprint density at radius 2 is 1.79 bits per heavy atom. The highest BCUT2D eigenvalue weighted by molar-refractivity contribution is 6.34. The molecule has 3 aromatic rings. The van der Waals surface area contributed by atoms with Crippen molar-refractivity contribution in [2.75, 3.05) is 11.9 Å². The zero-order valence-electron chi connectivity index (χ0n) is 16.5. The number of hydrogen-bond donors (Lipinski definition) is 4. The van der Waals surface area contributed by atoms with Gasteiger partial charge in [0.1, 0.15) is 24.6 Å². The van der Waals surface area contributed by atoms with Crippen LogP contribution in [0.25, 0.3) is 11.2 Å². The summed E-state index contributed by atoms with van der Waals surface area (Å²) in [5.74, 6) is 0.200. The molecule has 1 aliphatic heterocycles. The van der Waals surface area contributed by atoms with Crippen molar-refractivity contribution in [1.82, 2.24) is 19.5 Å². The molecule has 0 radical (unpaired) electrons. The lowest BCUT2D eigenvalue weighted by Crippen LogP contribution is -2.33. The first-order valence-corrected chi connectivity index (χ1v) is 9.75. The molecule has 0 bridgehead atoms. The largest absolute Gasteiger partial charge is 0.394 e. The van der Waals surface area contributed by atoms with Crippen LogP contribution in [0.15, 0.2) is 24.8 Å². The van der Waals surface area contributed by atoms with Crippen LogP contribution in [0.1, 0.15) is 11.8 Å². The number of ether oxygens (including phenoxy) is 1. The maximum atomic E-state index is 11.2. The molecule has 3 heterocycles. The minimum atomic E-state index is -1.35. The van der Waals surface area contributed by atoms with Gasteiger partial charge in [-0.25, -0.2) is 15.0 Å². The highest BCUT2D eigenvalue weighted by atomic mass is 35.5. The van der Waals surface area contributed by atoms with Crippen LogP contribution in [0.3, 0.4) is 0 Å². The van der Waals surface area contributed by atoms with E-state index in [0.717, 1.165) is 12.1 Å². The lowest BCUT2D eigenvalue weighted by atomic mass is 10.1. The zero-order valence-corrected chi connectivity index (χ0v) is 17.2. The summed E-state index contributed by atoms with van der Waals surface area (Å²) >= 11 is 5.77. The van der Waals surface area contributed by atoms with Crippen molar-refractivity contribution in [1.29, 1.82) is 0 Å². The second kappa shape index (κ2) is 8.80. The standard InChI is InChI=1S/C17H16ClN7O8/c18-11-8(24(29)30)1-7(2-9(11)25(31)32)3-19-15-12-16(21-5-20-15)23(6-22-12)17-14(28)13(27)10(4-26)33-17/h1-2,5-6,10,13-14,17,26-28H,3-4H2,(H,19,20,21)/t10-,13-,14-,17?/m1/s1. The third kappa shape index (κ3) is 4.03. The van der Waals surface area contributed by atoms with E-state index in [1.165, 1.54) is 17.2 Å². The topological polar surface area (TPSA) is 212 Å². The third-order valence-electron chi connectivity index (χ3n) is 5.10. The third-order valence-corrected chi connectivity index (χ3v) is 5.48. The van der Waals surface area contributed by atoms with Crippen LogP contribution in [-0.2, 0) is 11.3 Å². The van der Waals surface area contributed by atoms with Crippen LogP contribution in [0.2, 0.25) is 5.02 Å². The van der Waals surface area contributed by atoms with Crippen LogP contribution in [0, 0.1) is 20.2 Å². The van der Waals surface area contributed by atoms with Crippen LogP contribution in [0.4, 0.5) is 17.2 Å². The normalized spacial score (nSPS) is 22.5. The number of aliphatic hydroxyl groups excluding tert-OH is 3. The molecule has 33 heavy (non-hydrogen) atoms. The van der Waals surface area contributed by atoms with Gasteiger partial charge in [0.15, 0.2) is 28.2 Å². The summed E-state index contributed by atoms with van der Waals surface area (Å²) in [6, 6.07) is 2.22. The van der Waals surface area contributed by atoms with E-state index in [1.807, 2.05) is 0 Å². The van der Waals surface area contributed by atoms with Crippen LogP contribution >= 0.6 is 11.6 Å². The van der Waals surface area contributed by atoms with Crippen LogP contribution in [-0.4, -0.2) is 69.6 Å². The molecule has 1 aromatic carbocycles. The van der Waals surface area contributed by atoms with Gasteiger partial charge in [-0.3, -0.25) is 24.8 Å². The number of anilines is 1. The van der Waals surface area contributed by atoms with Gasteiger partial charge in [-0.15, -0.1) is 0 Å². The van der Waals surface area contributed by atoms with E-state index in [0.29, 0.717) is 0 Å². The minimum absolute atomic E-state index is 0.0916. The molecular formula is C17H16ClN7O8. The van der Waals surface area contributed by atoms with Crippen molar-refractivity contribution in [3.8, 4) is 0 Å². The van der Waals surface area contributed by atoms with Gasteiger partial charge in [-0.05, 0) is 5.56 Å². The van der Waals surface area contributed by atoms with Crippen molar-refractivity contribution in [3.05, 3.63) is 55.6 Å². The molecule has 1 fully saturated rings. The van der Waals surface area contributed by atoms with Gasteiger partial charge >= 0.3 is 0 Å². The molecule has 1 unspecified atom stereocenters. The Labute approximate surface area is 188 Å². The summed E-state index contributed by atoms with van der Waals surface area (Å²) in [6.07, 6.45) is -2.21. The van der Waals surface area contributed by atoms with E-state index in [-0.39, 0.29) is 29.1 Å². The molecule has 0 amide bonds. The predicted octanol–water partition coefficient (Wildman–Crippen LogP) is 0.520. The van der Waals surface area contributed by atoms with E-state index >= 15 is 0 Å². The Morgan fingerprint density at radius 3 is 2.36 bits per heavy atom. The van der Waals surface area contributed by atoms with E-state index in [9.17, 15) is 35.5 Å². The second-order valence-corrected chi connectivity index (χ2v) is 7.47. The van der Waals surface area contributed by atoms with Gasteiger partial charge in [0, 0.05) is 18.7 Å². The number of aromatic nitrogens is 4. The molecule has 16 heteroatoms. The van der Waals surface area contributed by atoms with Crippen molar-refractivity contribution >= 4 is 40.0 Å². The lowest BCUT2D eigenvalue weighted by molar-refractivity contribution is -0.394. The first-order chi connectivity index (χ1) is 15.7. The number of nitro benzene ring substituents is 2. The fourth-order valence-electron chi connectivity index (χ4n) is 3.48. The quantitative estimate of drug-likeness (QED) is 0.268. The summed E-state index contributed by atoms with van der Waals surface area (Å²) in [6.45, 7) is -0.589. The summed E-state index contributed by atoms with van der Waals surface area (Å²) in [4.78, 5) is 33.2. The Morgan fingerprint density at radius 1 is 1.12 bits per heavy atom. The number of rotatable bonds is 7. The zero-order chi connectivity index (χ0) is 23.9. The maximum Gasteiger partial charge on any atom is 0.295 e. The van der Waals surface area contributed by atoms with Crippen molar-refractivity contribution in [2.45, 2.75) is 31.1 Å². The van der Waals surface area contributed by atoms with Gasteiger partial charge in [-0.2, -0.15) is 0 Å². The number of hydrogen-bond acceptors (Lipinski definition) is 12. The van der Waals surface area contributed by atoms with Gasteiger partial charge in [0.2, 0.25) is 0 Å². The average Bonchev–Trinajstić information content (AvgIpc) is 3.33. The number of nitrogens with one attached hydrogen (secondary N) is 1. The SMILES string of the molecule is O=[N+]([O-])c1cc(CNc2ncnc3c2ncn3C2O[C@H](CO)[C@@H](O)[C@H]2O)cc([N+](=O)[O-])c1Cl. The number of nitrogens with zero attached hydrogens (tertiary/aromatic N) is 6. The van der Waals surface area contributed by atoms with Gasteiger partial charge in [-0.1, -0.05) is 11.6 Å². The first-order valence-electron chi connectivity index (χ1n) is 9.38. The Balaban J connectivity index is 1.63. The van der Waals surface area contributed by atoms with E-state index in [1.54, 1.807) is 0 Å². The smallest absolute Gasteiger partial charge is 0.295 e. The summed E-state index contributed by atoms with van der Waals surface area (Å²) in [5.41, 5.74) is -0.538.